The second-order valence-corrected chi connectivity index (χ2v) is 6.18. The molecule has 1 fully saturated rings. The summed E-state index contributed by atoms with van der Waals surface area (Å²) in [6.07, 6.45) is 1.82. The van der Waals surface area contributed by atoms with Crippen molar-refractivity contribution >= 4 is 39.7 Å². The second-order valence-electron chi connectivity index (χ2n) is 6.18. The van der Waals surface area contributed by atoms with Crippen LogP contribution in [0.15, 0.2) is 36.5 Å². The number of aromatic amines is 1. The number of barbiturate groups is 1. The number of fused-ring (bicyclic) bond motifs is 3. The van der Waals surface area contributed by atoms with Crippen LogP contribution in [0.4, 0.5) is 4.79 Å². The number of aromatic nitrogens is 2. The number of para-hydroxylation sites is 1. The largest absolute Gasteiger partial charge is 0.353 e. The summed E-state index contributed by atoms with van der Waals surface area (Å²) in [5.41, 5.74) is 2.42. The summed E-state index contributed by atoms with van der Waals surface area (Å²) in [6, 6.07) is 9.17. The third-order valence-electron chi connectivity index (χ3n) is 4.74. The Balaban J connectivity index is 1.79. The fourth-order valence-electron chi connectivity index (χ4n) is 3.34. The molecule has 3 heterocycles. The molecule has 1 aromatic carbocycles. The summed E-state index contributed by atoms with van der Waals surface area (Å²) < 4.78 is 0. The highest BCUT2D eigenvalue weighted by molar-refractivity contribution is 6.16. The lowest BCUT2D eigenvalue weighted by Gasteiger charge is -2.32. The average Bonchev–Trinajstić information content (AvgIpc) is 3.01. The summed E-state index contributed by atoms with van der Waals surface area (Å²) in [7, 11) is 2.77. The van der Waals surface area contributed by atoms with Gasteiger partial charge >= 0.3 is 6.03 Å². The Morgan fingerprint density at radius 3 is 2.40 bits per heavy atom. The van der Waals surface area contributed by atoms with Crippen LogP contribution in [0.25, 0.3) is 21.8 Å². The zero-order valence-corrected chi connectivity index (χ0v) is 13.8. The third kappa shape index (κ3) is 2.20. The smallest absolute Gasteiger partial charge is 0.332 e. The fraction of sp³-hybridized carbons (Fsp3) is 0.222. The molecule has 25 heavy (non-hydrogen) atoms. The molecule has 1 N–H and O–H groups in total. The molecule has 7 heteroatoms. The van der Waals surface area contributed by atoms with E-state index in [1.165, 1.54) is 14.1 Å². The third-order valence-corrected chi connectivity index (χ3v) is 4.74. The highest BCUT2D eigenvalue weighted by Gasteiger charge is 2.42. The zero-order valence-electron chi connectivity index (χ0n) is 13.8. The monoisotopic (exact) mass is 336 g/mol. The molecule has 0 bridgehead atoms. The molecule has 4 rings (SSSR count). The molecular weight excluding hydrogens is 320 g/mol. The van der Waals surface area contributed by atoms with Gasteiger partial charge in [-0.15, -0.1) is 0 Å². The lowest BCUT2D eigenvalue weighted by Crippen LogP contribution is -2.57. The number of hydrogen-bond donors (Lipinski definition) is 1. The highest BCUT2D eigenvalue weighted by atomic mass is 16.2. The van der Waals surface area contributed by atoms with Gasteiger partial charge in [0.25, 0.3) is 0 Å². The minimum atomic E-state index is -0.947. The number of rotatable bonds is 2. The quantitative estimate of drug-likeness (QED) is 0.725. The number of nitrogens with one attached hydrogen (secondary N) is 1. The fourth-order valence-corrected chi connectivity index (χ4v) is 3.34. The molecule has 1 aliphatic rings. The van der Waals surface area contributed by atoms with Crippen molar-refractivity contribution in [2.24, 2.45) is 5.92 Å². The van der Waals surface area contributed by atoms with Crippen LogP contribution >= 0.6 is 0 Å². The van der Waals surface area contributed by atoms with E-state index in [1.807, 2.05) is 30.3 Å². The van der Waals surface area contributed by atoms with Gasteiger partial charge in [-0.2, -0.15) is 0 Å². The van der Waals surface area contributed by atoms with Crippen molar-refractivity contribution in [3.8, 4) is 0 Å². The first-order valence-electron chi connectivity index (χ1n) is 7.92. The van der Waals surface area contributed by atoms with E-state index in [2.05, 4.69) is 9.97 Å². The molecule has 126 valence electrons. The van der Waals surface area contributed by atoms with Gasteiger partial charge in [0.1, 0.15) is 5.92 Å². The van der Waals surface area contributed by atoms with Gasteiger partial charge in [-0.25, -0.2) is 4.79 Å². The predicted octanol–water partition coefficient (Wildman–Crippen LogP) is 1.93. The minimum absolute atomic E-state index is 0.143. The van der Waals surface area contributed by atoms with Crippen LogP contribution in [0.2, 0.25) is 0 Å². The standard InChI is InChI=1S/C18H16N4O3/c1-21-16(23)12(17(24)22(2)18(21)25)9-14-15-11(7-8-19-14)10-5-3-4-6-13(10)20-15/h3-8,12,20H,9H2,1-2H3. The summed E-state index contributed by atoms with van der Waals surface area (Å²) in [5.74, 6) is -1.94. The SMILES string of the molecule is CN1C(=O)C(Cc2nccc3c2[nH]c2ccccc23)C(=O)N(C)C1=O. The molecule has 3 aromatic rings. The van der Waals surface area contributed by atoms with Gasteiger partial charge in [-0.05, 0) is 12.1 Å². The maximum absolute atomic E-state index is 12.4. The molecule has 4 amide bonds. The first-order chi connectivity index (χ1) is 12.0. The van der Waals surface area contributed by atoms with Crippen molar-refractivity contribution in [2.75, 3.05) is 14.1 Å². The van der Waals surface area contributed by atoms with Crippen molar-refractivity contribution in [1.82, 2.24) is 19.8 Å². The molecule has 0 atom stereocenters. The lowest BCUT2D eigenvalue weighted by atomic mass is 9.97. The Labute approximate surface area is 143 Å². The zero-order chi connectivity index (χ0) is 17.7. The van der Waals surface area contributed by atoms with E-state index in [0.29, 0.717) is 5.69 Å². The minimum Gasteiger partial charge on any atom is -0.353 e. The van der Waals surface area contributed by atoms with Gasteiger partial charge in [-0.1, -0.05) is 18.2 Å². The Morgan fingerprint density at radius 1 is 1.00 bits per heavy atom. The number of amides is 4. The number of carbonyl (C=O) groups is 3. The van der Waals surface area contributed by atoms with Crippen LogP contribution in [0.1, 0.15) is 5.69 Å². The van der Waals surface area contributed by atoms with Gasteiger partial charge in [0.05, 0.1) is 11.2 Å². The van der Waals surface area contributed by atoms with E-state index in [-0.39, 0.29) is 6.42 Å². The summed E-state index contributed by atoms with van der Waals surface area (Å²) in [5, 5.41) is 2.06. The molecule has 0 radical (unpaired) electrons. The molecular formula is C18H16N4O3. The summed E-state index contributed by atoms with van der Waals surface area (Å²) in [6.45, 7) is 0. The highest BCUT2D eigenvalue weighted by Crippen LogP contribution is 2.28. The maximum Gasteiger partial charge on any atom is 0.332 e. The number of pyridine rings is 1. The molecule has 7 nitrogen and oxygen atoms in total. The van der Waals surface area contributed by atoms with Crippen LogP contribution < -0.4 is 0 Å². The van der Waals surface area contributed by atoms with Gasteiger partial charge in [0, 0.05) is 43.0 Å². The first kappa shape index (κ1) is 15.3. The van der Waals surface area contributed by atoms with Crippen molar-refractivity contribution in [2.45, 2.75) is 6.42 Å². The lowest BCUT2D eigenvalue weighted by molar-refractivity contribution is -0.147. The van der Waals surface area contributed by atoms with E-state index in [0.717, 1.165) is 31.6 Å². The van der Waals surface area contributed by atoms with E-state index in [9.17, 15) is 14.4 Å². The first-order valence-corrected chi connectivity index (χ1v) is 7.92. The number of imide groups is 2. The molecule has 2 aromatic heterocycles. The molecule has 0 saturated carbocycles. The Kier molecular flexibility index (Phi) is 3.31. The Hall–Kier alpha value is -3.22. The Morgan fingerprint density at radius 2 is 1.68 bits per heavy atom. The molecule has 0 aliphatic carbocycles. The molecule has 0 unspecified atom stereocenters. The summed E-state index contributed by atoms with van der Waals surface area (Å²) >= 11 is 0. The molecule has 1 saturated heterocycles. The van der Waals surface area contributed by atoms with Crippen LogP contribution in [-0.4, -0.2) is 51.7 Å². The normalized spacial score (nSPS) is 16.5. The van der Waals surface area contributed by atoms with E-state index in [4.69, 9.17) is 0 Å². The number of urea groups is 1. The maximum atomic E-state index is 12.4. The number of carbonyl (C=O) groups excluding carboxylic acids is 3. The molecule has 1 aliphatic heterocycles. The number of nitrogens with zero attached hydrogens (tertiary/aromatic N) is 3. The predicted molar refractivity (Wildman–Crippen MR) is 91.7 cm³/mol. The van der Waals surface area contributed by atoms with E-state index in [1.54, 1.807) is 6.20 Å². The van der Waals surface area contributed by atoms with Crippen molar-refractivity contribution in [3.05, 3.63) is 42.2 Å². The summed E-state index contributed by atoms with van der Waals surface area (Å²) in [4.78, 5) is 46.4. The van der Waals surface area contributed by atoms with Crippen molar-refractivity contribution < 1.29 is 14.4 Å². The van der Waals surface area contributed by atoms with Gasteiger partial charge in [0.2, 0.25) is 11.8 Å². The van der Waals surface area contributed by atoms with E-state index >= 15 is 0 Å². The van der Waals surface area contributed by atoms with Crippen molar-refractivity contribution in [3.63, 3.8) is 0 Å². The van der Waals surface area contributed by atoms with Gasteiger partial charge in [-0.3, -0.25) is 24.4 Å². The molecule has 0 spiro atoms. The van der Waals surface area contributed by atoms with Crippen LogP contribution in [0.3, 0.4) is 0 Å². The number of hydrogen-bond acceptors (Lipinski definition) is 4. The Bertz CT molecular complexity index is 1020. The number of H-pyrrole nitrogens is 1. The second kappa shape index (κ2) is 5.41. The van der Waals surface area contributed by atoms with Crippen molar-refractivity contribution in [1.29, 1.82) is 0 Å². The van der Waals surface area contributed by atoms with Gasteiger partial charge < -0.3 is 4.98 Å². The average molecular weight is 336 g/mol. The van der Waals surface area contributed by atoms with Crippen LogP contribution in [-0.2, 0) is 16.0 Å². The van der Waals surface area contributed by atoms with E-state index < -0.39 is 23.8 Å². The topological polar surface area (TPSA) is 86.4 Å². The van der Waals surface area contributed by atoms with Crippen LogP contribution in [0, 0.1) is 5.92 Å². The van der Waals surface area contributed by atoms with Gasteiger partial charge in [0.15, 0.2) is 0 Å². The van der Waals surface area contributed by atoms with Crippen LogP contribution in [0.5, 0.6) is 0 Å². The number of benzene rings is 1.